The summed E-state index contributed by atoms with van der Waals surface area (Å²) in [6, 6.07) is 0. The molecule has 0 heterocycles. The minimum absolute atomic E-state index is 0.443. The van der Waals surface area contributed by atoms with E-state index in [1.165, 1.54) is 20.6 Å². The first-order chi connectivity index (χ1) is 7.67. The van der Waals surface area contributed by atoms with Crippen LogP contribution in [0.2, 0.25) is 0 Å². The van der Waals surface area contributed by atoms with Gasteiger partial charge in [-0.3, -0.25) is 9.59 Å². The topological polar surface area (TPSA) is 52.6 Å². The third-order valence-corrected chi connectivity index (χ3v) is 3.36. The van der Waals surface area contributed by atoms with Gasteiger partial charge in [0.2, 0.25) is 0 Å². The Morgan fingerprint density at radius 2 is 1.19 bits per heavy atom. The zero-order valence-electron chi connectivity index (χ0n) is 10.1. The van der Waals surface area contributed by atoms with Crippen LogP contribution in [0.5, 0.6) is 0 Å². The monoisotopic (exact) mass is 228 g/mol. The molecule has 0 saturated heterocycles. The summed E-state index contributed by atoms with van der Waals surface area (Å²) in [5.74, 6) is -0.887. The lowest BCUT2D eigenvalue weighted by molar-refractivity contribution is -0.170. The minimum atomic E-state index is -1.05. The molecule has 0 aliphatic heterocycles. The Balaban J connectivity index is 2.89. The maximum atomic E-state index is 11.8. The van der Waals surface area contributed by atoms with Crippen molar-refractivity contribution in [3.63, 3.8) is 0 Å². The van der Waals surface area contributed by atoms with E-state index in [-0.39, 0.29) is 0 Å². The minimum Gasteiger partial charge on any atom is -0.468 e. The lowest BCUT2D eigenvalue weighted by atomic mass is 9.76. The van der Waals surface area contributed by atoms with E-state index in [0.29, 0.717) is 12.8 Å². The van der Waals surface area contributed by atoms with Crippen LogP contribution in [0, 0.1) is 5.41 Å². The molecule has 4 heteroatoms. The van der Waals surface area contributed by atoms with Crippen LogP contribution in [0.4, 0.5) is 0 Å². The quantitative estimate of drug-likeness (QED) is 0.536. The Bertz CT molecular complexity index is 234. The van der Waals surface area contributed by atoms with E-state index in [9.17, 15) is 9.59 Å². The fraction of sp³-hybridized carbons (Fsp3) is 0.833. The molecule has 1 fully saturated rings. The summed E-state index contributed by atoms with van der Waals surface area (Å²) >= 11 is 0. The van der Waals surface area contributed by atoms with Gasteiger partial charge in [-0.1, -0.05) is 32.1 Å². The predicted octanol–water partition coefficient (Wildman–Crippen LogP) is 2.06. The number of rotatable bonds is 2. The van der Waals surface area contributed by atoms with Crippen molar-refractivity contribution < 1.29 is 19.1 Å². The second-order valence-electron chi connectivity index (χ2n) is 4.33. The zero-order chi connectivity index (χ0) is 12.0. The third-order valence-electron chi connectivity index (χ3n) is 3.36. The maximum Gasteiger partial charge on any atom is 0.323 e. The Hall–Kier alpha value is -1.06. The molecular weight excluding hydrogens is 208 g/mol. The Morgan fingerprint density at radius 1 is 0.812 bits per heavy atom. The smallest absolute Gasteiger partial charge is 0.323 e. The van der Waals surface area contributed by atoms with Gasteiger partial charge in [0.25, 0.3) is 0 Å². The molecule has 0 aromatic heterocycles. The van der Waals surface area contributed by atoms with Gasteiger partial charge in [-0.2, -0.15) is 0 Å². The molecule has 16 heavy (non-hydrogen) atoms. The van der Waals surface area contributed by atoms with Gasteiger partial charge in [-0.25, -0.2) is 0 Å². The highest BCUT2D eigenvalue weighted by molar-refractivity contribution is 5.99. The molecule has 0 radical (unpaired) electrons. The van der Waals surface area contributed by atoms with Crippen LogP contribution < -0.4 is 0 Å². The summed E-state index contributed by atoms with van der Waals surface area (Å²) in [6.45, 7) is 0. The van der Waals surface area contributed by atoms with Crippen LogP contribution in [-0.2, 0) is 19.1 Å². The van der Waals surface area contributed by atoms with Crippen LogP contribution in [0.1, 0.15) is 44.9 Å². The Kier molecular flexibility index (Phi) is 4.77. The average Bonchev–Trinajstić information content (AvgIpc) is 2.27. The average molecular weight is 228 g/mol. The van der Waals surface area contributed by atoms with Crippen molar-refractivity contribution in [2.24, 2.45) is 5.41 Å². The zero-order valence-corrected chi connectivity index (χ0v) is 10.1. The van der Waals surface area contributed by atoms with Gasteiger partial charge in [0, 0.05) is 0 Å². The summed E-state index contributed by atoms with van der Waals surface area (Å²) in [7, 11) is 2.65. The summed E-state index contributed by atoms with van der Waals surface area (Å²) in [5, 5.41) is 0. The highest BCUT2D eigenvalue weighted by Crippen LogP contribution is 2.36. The van der Waals surface area contributed by atoms with Crippen molar-refractivity contribution >= 4 is 11.9 Å². The van der Waals surface area contributed by atoms with Crippen molar-refractivity contribution in [1.82, 2.24) is 0 Å². The van der Waals surface area contributed by atoms with Crippen molar-refractivity contribution in [2.75, 3.05) is 14.2 Å². The number of carbonyl (C=O) groups is 2. The second kappa shape index (κ2) is 5.87. The molecule has 0 aromatic rings. The van der Waals surface area contributed by atoms with Gasteiger partial charge >= 0.3 is 11.9 Å². The van der Waals surface area contributed by atoms with Gasteiger partial charge < -0.3 is 9.47 Å². The standard InChI is InChI=1S/C12H20O4/c1-15-10(13)12(11(14)16-2)8-6-4-3-5-7-9-12/h3-9H2,1-2H3. The first-order valence-corrected chi connectivity index (χ1v) is 5.84. The van der Waals surface area contributed by atoms with E-state index >= 15 is 0 Å². The van der Waals surface area contributed by atoms with Crippen molar-refractivity contribution in [3.8, 4) is 0 Å². The molecule has 1 aliphatic carbocycles. The molecule has 0 unspecified atom stereocenters. The fourth-order valence-corrected chi connectivity index (χ4v) is 2.39. The number of hydrogen-bond acceptors (Lipinski definition) is 4. The van der Waals surface area contributed by atoms with Gasteiger partial charge in [-0.05, 0) is 12.8 Å². The molecule has 0 bridgehead atoms. The lowest BCUT2D eigenvalue weighted by Crippen LogP contribution is -2.41. The highest BCUT2D eigenvalue weighted by Gasteiger charge is 2.47. The van der Waals surface area contributed by atoms with E-state index < -0.39 is 17.4 Å². The van der Waals surface area contributed by atoms with Crippen molar-refractivity contribution in [2.45, 2.75) is 44.9 Å². The van der Waals surface area contributed by atoms with Crippen molar-refractivity contribution in [1.29, 1.82) is 0 Å². The predicted molar refractivity (Wildman–Crippen MR) is 58.8 cm³/mol. The molecule has 0 N–H and O–H groups in total. The number of methoxy groups -OCH3 is 2. The molecule has 1 aliphatic rings. The fourth-order valence-electron chi connectivity index (χ4n) is 2.39. The Labute approximate surface area is 96.3 Å². The molecule has 1 rings (SSSR count). The van der Waals surface area contributed by atoms with E-state index in [2.05, 4.69) is 0 Å². The molecule has 0 amide bonds. The summed E-state index contributed by atoms with van der Waals surface area (Å²) in [6.07, 6.45) is 6.16. The number of hydrogen-bond donors (Lipinski definition) is 0. The third kappa shape index (κ3) is 2.54. The molecule has 0 aromatic carbocycles. The summed E-state index contributed by atoms with van der Waals surface area (Å²) in [5.41, 5.74) is -1.05. The van der Waals surface area contributed by atoms with E-state index in [4.69, 9.17) is 9.47 Å². The van der Waals surface area contributed by atoms with Crippen molar-refractivity contribution in [3.05, 3.63) is 0 Å². The number of carbonyl (C=O) groups excluding carboxylic acids is 2. The first-order valence-electron chi connectivity index (χ1n) is 5.84. The van der Waals surface area contributed by atoms with Gasteiger partial charge in [0.05, 0.1) is 14.2 Å². The van der Waals surface area contributed by atoms with Crippen LogP contribution in [-0.4, -0.2) is 26.2 Å². The lowest BCUT2D eigenvalue weighted by Gasteiger charge is -2.29. The maximum absolute atomic E-state index is 11.8. The molecule has 0 atom stereocenters. The largest absolute Gasteiger partial charge is 0.468 e. The molecule has 1 saturated carbocycles. The normalized spacial score (nSPS) is 20.4. The van der Waals surface area contributed by atoms with Crippen LogP contribution in [0.25, 0.3) is 0 Å². The summed E-state index contributed by atoms with van der Waals surface area (Å²) in [4.78, 5) is 23.7. The van der Waals surface area contributed by atoms with E-state index in [1.54, 1.807) is 0 Å². The molecule has 92 valence electrons. The van der Waals surface area contributed by atoms with Gasteiger partial charge in [0.1, 0.15) is 0 Å². The molecule has 0 spiro atoms. The van der Waals surface area contributed by atoms with Gasteiger partial charge in [-0.15, -0.1) is 0 Å². The summed E-state index contributed by atoms with van der Waals surface area (Å²) < 4.78 is 9.55. The second-order valence-corrected chi connectivity index (χ2v) is 4.33. The van der Waals surface area contributed by atoms with Gasteiger partial charge in [0.15, 0.2) is 5.41 Å². The van der Waals surface area contributed by atoms with E-state index in [0.717, 1.165) is 25.7 Å². The Morgan fingerprint density at radius 3 is 1.56 bits per heavy atom. The molecular formula is C12H20O4. The SMILES string of the molecule is COC(=O)C1(C(=O)OC)CCCCCCC1. The number of esters is 2. The number of ether oxygens (including phenoxy) is 2. The van der Waals surface area contributed by atoms with Crippen LogP contribution >= 0.6 is 0 Å². The van der Waals surface area contributed by atoms with Crippen LogP contribution in [0.3, 0.4) is 0 Å². The molecule has 4 nitrogen and oxygen atoms in total. The highest BCUT2D eigenvalue weighted by atomic mass is 16.5. The first kappa shape index (κ1) is 13.0. The van der Waals surface area contributed by atoms with E-state index in [1.807, 2.05) is 0 Å². The van der Waals surface area contributed by atoms with Crippen LogP contribution in [0.15, 0.2) is 0 Å².